The number of carbonyl (C=O) groups is 1. The van der Waals surface area contributed by atoms with Crippen molar-refractivity contribution in [3.05, 3.63) is 48.6 Å². The molecule has 3 heteroatoms. The predicted octanol–water partition coefficient (Wildman–Crippen LogP) is 3.02. The van der Waals surface area contributed by atoms with Crippen LogP contribution in [-0.2, 0) is 16.1 Å². The number of likely N-dealkylation sites (tertiary alicyclic amines) is 1. The van der Waals surface area contributed by atoms with E-state index in [2.05, 4.69) is 35.7 Å². The largest absolute Gasteiger partial charge is 0.469 e. The fourth-order valence-electron chi connectivity index (χ4n) is 2.81. The minimum atomic E-state index is -0.138. The van der Waals surface area contributed by atoms with Crippen LogP contribution in [-0.4, -0.2) is 31.1 Å². The summed E-state index contributed by atoms with van der Waals surface area (Å²) < 4.78 is 4.80. The lowest BCUT2D eigenvalue weighted by Gasteiger charge is -2.39. The lowest BCUT2D eigenvalue weighted by atomic mass is 9.76. The van der Waals surface area contributed by atoms with Gasteiger partial charge in [-0.15, -0.1) is 6.58 Å². The molecular weight excluding hydrogens is 250 g/mol. The molecule has 0 spiro atoms. The summed E-state index contributed by atoms with van der Waals surface area (Å²) in [5.41, 5.74) is 1.26. The topological polar surface area (TPSA) is 29.5 Å². The molecule has 0 amide bonds. The number of carbonyl (C=O) groups excluding carboxylic acids is 1. The van der Waals surface area contributed by atoms with Crippen LogP contribution in [0.4, 0.5) is 0 Å². The van der Waals surface area contributed by atoms with Crippen LogP contribution >= 0.6 is 0 Å². The third kappa shape index (κ3) is 3.70. The lowest BCUT2D eigenvalue weighted by molar-refractivity contribution is -0.143. The summed E-state index contributed by atoms with van der Waals surface area (Å²) in [6.07, 6.45) is 4.34. The minimum absolute atomic E-state index is 0.0831. The molecule has 3 nitrogen and oxygen atoms in total. The summed E-state index contributed by atoms with van der Waals surface area (Å²) in [4.78, 5) is 14.0. The number of allylic oxidation sites excluding steroid dienone is 1. The van der Waals surface area contributed by atoms with Gasteiger partial charge in [0.1, 0.15) is 0 Å². The zero-order valence-electron chi connectivity index (χ0n) is 12.2. The van der Waals surface area contributed by atoms with Gasteiger partial charge in [0.15, 0.2) is 0 Å². The third-order valence-corrected chi connectivity index (χ3v) is 4.26. The Morgan fingerprint density at radius 3 is 2.55 bits per heavy atom. The number of rotatable bonds is 5. The van der Waals surface area contributed by atoms with E-state index in [4.69, 9.17) is 4.74 Å². The summed E-state index contributed by atoms with van der Waals surface area (Å²) in [7, 11) is 1.45. The maximum atomic E-state index is 11.5. The molecule has 1 fully saturated rings. The predicted molar refractivity (Wildman–Crippen MR) is 80.2 cm³/mol. The molecule has 0 radical (unpaired) electrons. The second-order valence-electron chi connectivity index (χ2n) is 5.58. The van der Waals surface area contributed by atoms with Crippen molar-refractivity contribution in [2.75, 3.05) is 20.2 Å². The van der Waals surface area contributed by atoms with Crippen LogP contribution in [0, 0.1) is 5.41 Å². The van der Waals surface area contributed by atoms with E-state index in [1.165, 1.54) is 12.7 Å². The molecular formula is C17H23NO2. The zero-order chi connectivity index (χ0) is 14.4. The summed E-state index contributed by atoms with van der Waals surface area (Å²) in [5.74, 6) is -0.138. The number of hydrogen-bond acceptors (Lipinski definition) is 3. The van der Waals surface area contributed by atoms with Gasteiger partial charge in [0.2, 0.25) is 0 Å². The van der Waals surface area contributed by atoms with Gasteiger partial charge in [-0.2, -0.15) is 0 Å². The van der Waals surface area contributed by atoms with Gasteiger partial charge in [-0.1, -0.05) is 36.4 Å². The molecule has 1 heterocycles. The maximum Gasteiger partial charge on any atom is 0.306 e. The number of nitrogens with zero attached hydrogens (tertiary/aromatic N) is 1. The summed E-state index contributed by atoms with van der Waals surface area (Å²) in [6.45, 7) is 6.90. The highest BCUT2D eigenvalue weighted by molar-refractivity contribution is 5.70. The molecule has 0 aliphatic carbocycles. The number of hydrogen-bond donors (Lipinski definition) is 0. The van der Waals surface area contributed by atoms with Crippen molar-refractivity contribution in [3.63, 3.8) is 0 Å². The van der Waals surface area contributed by atoms with Crippen LogP contribution in [0.25, 0.3) is 0 Å². The van der Waals surface area contributed by atoms with E-state index in [1.54, 1.807) is 0 Å². The number of esters is 1. The molecule has 0 bridgehead atoms. The first-order valence-electron chi connectivity index (χ1n) is 7.14. The monoisotopic (exact) mass is 273 g/mol. The summed E-state index contributed by atoms with van der Waals surface area (Å²) in [6, 6.07) is 10.5. The summed E-state index contributed by atoms with van der Waals surface area (Å²) >= 11 is 0. The fourth-order valence-corrected chi connectivity index (χ4v) is 2.81. The van der Waals surface area contributed by atoms with E-state index >= 15 is 0 Å². The Morgan fingerprint density at radius 2 is 2.00 bits per heavy atom. The van der Waals surface area contributed by atoms with Gasteiger partial charge >= 0.3 is 5.97 Å². The Kier molecular flexibility index (Phi) is 4.96. The molecule has 0 unspecified atom stereocenters. The third-order valence-electron chi connectivity index (χ3n) is 4.26. The van der Waals surface area contributed by atoms with Gasteiger partial charge in [0.05, 0.1) is 13.5 Å². The van der Waals surface area contributed by atoms with E-state index in [9.17, 15) is 4.79 Å². The van der Waals surface area contributed by atoms with Gasteiger partial charge in [0, 0.05) is 12.0 Å². The quantitative estimate of drug-likeness (QED) is 0.610. The number of methoxy groups -OCH3 is 1. The molecule has 20 heavy (non-hydrogen) atoms. The normalized spacial score (nSPS) is 18.4. The minimum Gasteiger partial charge on any atom is -0.469 e. The van der Waals surface area contributed by atoms with Gasteiger partial charge in [-0.25, -0.2) is 0 Å². The van der Waals surface area contributed by atoms with Gasteiger partial charge in [-0.05, 0) is 31.5 Å². The van der Waals surface area contributed by atoms with E-state index in [1.807, 2.05) is 12.1 Å². The zero-order valence-corrected chi connectivity index (χ0v) is 12.2. The van der Waals surface area contributed by atoms with Crippen molar-refractivity contribution in [1.29, 1.82) is 0 Å². The average molecular weight is 273 g/mol. The highest BCUT2D eigenvalue weighted by Gasteiger charge is 2.34. The van der Waals surface area contributed by atoms with Crippen LogP contribution in [0.1, 0.15) is 24.8 Å². The fraction of sp³-hybridized carbons (Fsp3) is 0.471. The molecule has 0 atom stereocenters. The number of ether oxygens (including phenoxy) is 1. The average Bonchev–Trinajstić information content (AvgIpc) is 2.50. The molecule has 0 N–H and O–H groups in total. The van der Waals surface area contributed by atoms with Crippen LogP contribution < -0.4 is 0 Å². The Balaban J connectivity index is 1.90. The van der Waals surface area contributed by atoms with Gasteiger partial charge < -0.3 is 4.74 Å². The molecule has 1 saturated heterocycles. The molecule has 0 aromatic heterocycles. The van der Waals surface area contributed by atoms with Crippen molar-refractivity contribution in [3.8, 4) is 0 Å². The summed E-state index contributed by atoms with van der Waals surface area (Å²) in [5, 5.41) is 0. The Bertz CT molecular complexity index is 447. The Morgan fingerprint density at radius 1 is 1.35 bits per heavy atom. The first kappa shape index (κ1) is 14.8. The van der Waals surface area contributed by atoms with Crippen molar-refractivity contribution >= 4 is 5.97 Å². The van der Waals surface area contributed by atoms with E-state index in [-0.39, 0.29) is 11.4 Å². The number of benzene rings is 1. The van der Waals surface area contributed by atoms with Gasteiger partial charge in [-0.3, -0.25) is 9.69 Å². The van der Waals surface area contributed by atoms with E-state index < -0.39 is 0 Å². The molecule has 1 aromatic carbocycles. The van der Waals surface area contributed by atoms with E-state index in [0.29, 0.717) is 6.42 Å². The van der Waals surface area contributed by atoms with Crippen LogP contribution in [0.2, 0.25) is 0 Å². The maximum absolute atomic E-state index is 11.5. The molecule has 1 aliphatic heterocycles. The van der Waals surface area contributed by atoms with Crippen LogP contribution in [0.3, 0.4) is 0 Å². The highest BCUT2D eigenvalue weighted by atomic mass is 16.5. The first-order valence-corrected chi connectivity index (χ1v) is 7.14. The second kappa shape index (κ2) is 6.71. The van der Waals surface area contributed by atoms with Crippen LogP contribution in [0.5, 0.6) is 0 Å². The lowest BCUT2D eigenvalue weighted by Crippen LogP contribution is -2.39. The Labute approximate surface area is 121 Å². The molecule has 1 aromatic rings. The molecule has 2 rings (SSSR count). The SMILES string of the molecule is C=CC1(CC(=O)OC)CCN(Cc2ccccc2)CC1. The van der Waals surface area contributed by atoms with Crippen molar-refractivity contribution in [2.24, 2.45) is 5.41 Å². The van der Waals surface area contributed by atoms with Crippen LogP contribution in [0.15, 0.2) is 43.0 Å². The van der Waals surface area contributed by atoms with Crippen molar-refractivity contribution in [1.82, 2.24) is 4.90 Å². The van der Waals surface area contributed by atoms with Crippen molar-refractivity contribution in [2.45, 2.75) is 25.8 Å². The van der Waals surface area contributed by atoms with Crippen molar-refractivity contribution < 1.29 is 9.53 Å². The van der Waals surface area contributed by atoms with E-state index in [0.717, 1.165) is 32.5 Å². The Hall–Kier alpha value is -1.61. The second-order valence-corrected chi connectivity index (χ2v) is 5.58. The molecule has 1 aliphatic rings. The standard InChI is InChI=1S/C17H23NO2/c1-3-17(13-16(19)20-2)9-11-18(12-10-17)14-15-7-5-4-6-8-15/h3-8H,1,9-14H2,2H3. The first-order chi connectivity index (χ1) is 9.67. The highest BCUT2D eigenvalue weighted by Crippen LogP contribution is 2.36. The van der Waals surface area contributed by atoms with Gasteiger partial charge in [0.25, 0.3) is 0 Å². The number of piperidine rings is 1. The molecule has 108 valence electrons. The smallest absolute Gasteiger partial charge is 0.306 e. The molecule has 0 saturated carbocycles.